The first-order valence-corrected chi connectivity index (χ1v) is 7.42. The number of ether oxygens (including phenoxy) is 2. The van der Waals surface area contributed by atoms with E-state index in [1.165, 1.54) is 19.4 Å². The summed E-state index contributed by atoms with van der Waals surface area (Å²) in [6, 6.07) is 12.2. The van der Waals surface area contributed by atoms with E-state index in [0.29, 0.717) is 28.7 Å². The third kappa shape index (κ3) is 4.47. The fraction of sp³-hybridized carbons (Fsp3) is 0.176. The Morgan fingerprint density at radius 2 is 2.04 bits per heavy atom. The van der Waals surface area contributed by atoms with Gasteiger partial charge in [-0.05, 0) is 37.3 Å². The SMILES string of the molecule is CCOc1ccccc1C=NNC(=O)c1cc(Cl)ccc1OC. The summed E-state index contributed by atoms with van der Waals surface area (Å²) in [5, 5.41) is 4.41. The standard InChI is InChI=1S/C17H17ClN2O3/c1-3-23-15-7-5-4-6-12(15)11-19-20-17(21)14-10-13(18)8-9-16(14)22-2/h4-11H,3H2,1-2H3,(H,20,21). The van der Waals surface area contributed by atoms with Crippen LogP contribution in [0.4, 0.5) is 0 Å². The topological polar surface area (TPSA) is 59.9 Å². The smallest absolute Gasteiger partial charge is 0.275 e. The number of amides is 1. The second-order valence-electron chi connectivity index (χ2n) is 4.51. The van der Waals surface area contributed by atoms with Crippen molar-refractivity contribution in [3.63, 3.8) is 0 Å². The van der Waals surface area contributed by atoms with Gasteiger partial charge < -0.3 is 9.47 Å². The number of hydrogen-bond donors (Lipinski definition) is 1. The Bertz CT molecular complexity index is 717. The van der Waals surface area contributed by atoms with E-state index in [0.717, 1.165) is 5.56 Å². The first kappa shape index (κ1) is 16.8. The van der Waals surface area contributed by atoms with Crippen molar-refractivity contribution in [1.29, 1.82) is 0 Å². The van der Waals surface area contributed by atoms with E-state index in [9.17, 15) is 4.79 Å². The Balaban J connectivity index is 2.12. The van der Waals surface area contributed by atoms with Crippen LogP contribution in [0, 0.1) is 0 Å². The minimum Gasteiger partial charge on any atom is -0.496 e. The van der Waals surface area contributed by atoms with E-state index < -0.39 is 5.91 Å². The van der Waals surface area contributed by atoms with E-state index in [4.69, 9.17) is 21.1 Å². The fourth-order valence-corrected chi connectivity index (χ4v) is 2.12. The molecule has 2 rings (SSSR count). The van der Waals surface area contributed by atoms with Crippen LogP contribution >= 0.6 is 11.6 Å². The van der Waals surface area contributed by atoms with Crippen molar-refractivity contribution in [2.45, 2.75) is 6.92 Å². The molecule has 1 amide bonds. The van der Waals surface area contributed by atoms with Crippen LogP contribution in [0.15, 0.2) is 47.6 Å². The molecule has 2 aromatic carbocycles. The van der Waals surface area contributed by atoms with Gasteiger partial charge in [0, 0.05) is 10.6 Å². The average molecular weight is 333 g/mol. The van der Waals surface area contributed by atoms with Gasteiger partial charge in [0.05, 0.1) is 25.5 Å². The van der Waals surface area contributed by atoms with Crippen molar-refractivity contribution in [1.82, 2.24) is 5.43 Å². The Morgan fingerprint density at radius 1 is 1.26 bits per heavy atom. The van der Waals surface area contributed by atoms with Crippen molar-refractivity contribution >= 4 is 23.7 Å². The molecule has 0 aromatic heterocycles. The Labute approximate surface area is 139 Å². The zero-order chi connectivity index (χ0) is 16.7. The summed E-state index contributed by atoms with van der Waals surface area (Å²) < 4.78 is 10.6. The highest BCUT2D eigenvalue weighted by Crippen LogP contribution is 2.22. The second-order valence-corrected chi connectivity index (χ2v) is 4.95. The average Bonchev–Trinajstić information content (AvgIpc) is 2.56. The third-order valence-electron chi connectivity index (χ3n) is 2.99. The highest BCUT2D eigenvalue weighted by Gasteiger charge is 2.12. The molecule has 1 N–H and O–H groups in total. The van der Waals surface area contributed by atoms with Crippen LogP contribution in [0.3, 0.4) is 0 Å². The number of methoxy groups -OCH3 is 1. The molecule has 0 saturated carbocycles. The van der Waals surface area contributed by atoms with Crippen LogP contribution in [0.5, 0.6) is 11.5 Å². The molecule has 0 heterocycles. The van der Waals surface area contributed by atoms with E-state index in [2.05, 4.69) is 10.5 Å². The van der Waals surface area contributed by atoms with Crippen molar-refractivity contribution in [2.75, 3.05) is 13.7 Å². The molecule has 5 nitrogen and oxygen atoms in total. The number of para-hydroxylation sites is 1. The molecule has 0 fully saturated rings. The maximum Gasteiger partial charge on any atom is 0.275 e. The molecule has 6 heteroatoms. The molecule has 0 unspecified atom stereocenters. The van der Waals surface area contributed by atoms with Crippen LogP contribution in [-0.2, 0) is 0 Å². The molecule has 2 aromatic rings. The van der Waals surface area contributed by atoms with Gasteiger partial charge in [-0.15, -0.1) is 0 Å². The summed E-state index contributed by atoms with van der Waals surface area (Å²) in [5.74, 6) is 0.722. The Morgan fingerprint density at radius 3 is 2.78 bits per heavy atom. The molecule has 120 valence electrons. The van der Waals surface area contributed by atoms with Crippen LogP contribution in [0.25, 0.3) is 0 Å². The molecule has 0 bridgehead atoms. The van der Waals surface area contributed by atoms with Gasteiger partial charge in [0.1, 0.15) is 11.5 Å². The van der Waals surface area contributed by atoms with Gasteiger partial charge in [0.2, 0.25) is 0 Å². The van der Waals surface area contributed by atoms with Gasteiger partial charge in [-0.2, -0.15) is 5.10 Å². The van der Waals surface area contributed by atoms with E-state index in [1.807, 2.05) is 31.2 Å². The van der Waals surface area contributed by atoms with Gasteiger partial charge in [-0.1, -0.05) is 23.7 Å². The number of halogens is 1. The zero-order valence-electron chi connectivity index (χ0n) is 12.9. The van der Waals surface area contributed by atoms with Crippen LogP contribution in [0.2, 0.25) is 5.02 Å². The van der Waals surface area contributed by atoms with Crippen LogP contribution in [0.1, 0.15) is 22.8 Å². The number of hydrazone groups is 1. The summed E-state index contributed by atoms with van der Waals surface area (Å²) in [5.41, 5.74) is 3.54. The molecule has 0 aliphatic rings. The van der Waals surface area contributed by atoms with Crippen LogP contribution in [-0.4, -0.2) is 25.8 Å². The lowest BCUT2D eigenvalue weighted by atomic mass is 10.2. The largest absolute Gasteiger partial charge is 0.496 e. The Hall–Kier alpha value is -2.53. The van der Waals surface area contributed by atoms with E-state index in [1.54, 1.807) is 12.1 Å². The number of carbonyl (C=O) groups excluding carboxylic acids is 1. The molecule has 0 aliphatic carbocycles. The lowest BCUT2D eigenvalue weighted by Crippen LogP contribution is -2.18. The molecule has 0 atom stereocenters. The predicted molar refractivity (Wildman–Crippen MR) is 90.7 cm³/mol. The first-order valence-electron chi connectivity index (χ1n) is 7.04. The molecule has 23 heavy (non-hydrogen) atoms. The second kappa shape index (κ2) is 8.19. The fourth-order valence-electron chi connectivity index (χ4n) is 1.95. The summed E-state index contributed by atoms with van der Waals surface area (Å²) >= 11 is 5.91. The van der Waals surface area contributed by atoms with Gasteiger partial charge in [-0.3, -0.25) is 4.79 Å². The predicted octanol–water partition coefficient (Wildman–Crippen LogP) is 3.51. The number of hydrogen-bond acceptors (Lipinski definition) is 4. The zero-order valence-corrected chi connectivity index (χ0v) is 13.6. The van der Waals surface area contributed by atoms with Crippen LogP contribution < -0.4 is 14.9 Å². The van der Waals surface area contributed by atoms with E-state index in [-0.39, 0.29) is 0 Å². The third-order valence-corrected chi connectivity index (χ3v) is 3.23. The summed E-state index contributed by atoms with van der Waals surface area (Å²) in [6.45, 7) is 2.46. The monoisotopic (exact) mass is 332 g/mol. The molecule has 0 aliphatic heterocycles. The molecule has 0 spiro atoms. The number of nitrogens with one attached hydrogen (secondary N) is 1. The van der Waals surface area contributed by atoms with E-state index >= 15 is 0 Å². The van der Waals surface area contributed by atoms with Gasteiger partial charge in [-0.25, -0.2) is 5.43 Å². The normalized spacial score (nSPS) is 10.6. The first-order chi connectivity index (χ1) is 11.2. The van der Waals surface area contributed by atoms with Crippen molar-refractivity contribution in [3.05, 3.63) is 58.6 Å². The van der Waals surface area contributed by atoms with Crippen molar-refractivity contribution < 1.29 is 14.3 Å². The summed E-state index contributed by atoms with van der Waals surface area (Å²) in [7, 11) is 1.49. The van der Waals surface area contributed by atoms with Crippen molar-refractivity contribution in [3.8, 4) is 11.5 Å². The highest BCUT2D eigenvalue weighted by molar-refractivity contribution is 6.31. The van der Waals surface area contributed by atoms with Crippen molar-refractivity contribution in [2.24, 2.45) is 5.10 Å². The molecular weight excluding hydrogens is 316 g/mol. The summed E-state index contributed by atoms with van der Waals surface area (Å²) in [6.07, 6.45) is 1.53. The number of rotatable bonds is 6. The van der Waals surface area contributed by atoms with Gasteiger partial charge in [0.25, 0.3) is 5.91 Å². The molecular formula is C17H17ClN2O3. The summed E-state index contributed by atoms with van der Waals surface area (Å²) in [4.78, 5) is 12.2. The number of nitrogens with zero attached hydrogens (tertiary/aromatic N) is 1. The number of benzene rings is 2. The minimum atomic E-state index is -0.408. The number of carbonyl (C=O) groups is 1. The quantitative estimate of drug-likeness (QED) is 0.650. The molecule has 0 radical (unpaired) electrons. The molecule has 0 saturated heterocycles. The lowest BCUT2D eigenvalue weighted by molar-refractivity contribution is 0.0952. The van der Waals surface area contributed by atoms with Gasteiger partial charge in [0.15, 0.2) is 0 Å². The maximum absolute atomic E-state index is 12.2. The highest BCUT2D eigenvalue weighted by atomic mass is 35.5. The maximum atomic E-state index is 12.2. The van der Waals surface area contributed by atoms with Gasteiger partial charge >= 0.3 is 0 Å². The minimum absolute atomic E-state index is 0.315. The Kier molecular flexibility index (Phi) is 6.00. The lowest BCUT2D eigenvalue weighted by Gasteiger charge is -2.08.